The van der Waals surface area contributed by atoms with Crippen molar-refractivity contribution in [1.29, 1.82) is 0 Å². The molecule has 0 spiro atoms. The molecule has 3 nitrogen and oxygen atoms in total. The van der Waals surface area contributed by atoms with Crippen molar-refractivity contribution in [2.75, 3.05) is 20.1 Å². The lowest BCUT2D eigenvalue weighted by Crippen LogP contribution is -2.20. The van der Waals surface area contributed by atoms with E-state index in [1.165, 1.54) is 12.1 Å². The minimum atomic E-state index is 0.795. The minimum Gasteiger partial charge on any atom is -0.330 e. The number of aryl methyl sites for hydroxylation is 1. The minimum absolute atomic E-state index is 0.795. The molecule has 0 aromatic carbocycles. The van der Waals surface area contributed by atoms with Crippen LogP contribution in [0, 0.1) is 6.92 Å². The van der Waals surface area contributed by atoms with E-state index in [0.29, 0.717) is 0 Å². The van der Waals surface area contributed by atoms with Crippen molar-refractivity contribution >= 4 is 11.3 Å². The molecule has 0 amide bonds. The second-order valence-electron chi connectivity index (χ2n) is 3.59. The van der Waals surface area contributed by atoms with Crippen molar-refractivity contribution in [1.82, 2.24) is 9.88 Å². The van der Waals surface area contributed by atoms with E-state index in [1.807, 2.05) is 6.92 Å². The first kappa shape index (κ1) is 11.6. The van der Waals surface area contributed by atoms with E-state index in [-0.39, 0.29) is 0 Å². The van der Waals surface area contributed by atoms with E-state index in [2.05, 4.69) is 22.3 Å². The van der Waals surface area contributed by atoms with Crippen molar-refractivity contribution in [3.8, 4) is 0 Å². The predicted octanol–water partition coefficient (Wildman–Crippen LogP) is 1.62. The van der Waals surface area contributed by atoms with Gasteiger partial charge in [-0.3, -0.25) is 0 Å². The number of unbranched alkanes of at least 4 members (excludes halogenated alkanes) is 1. The van der Waals surface area contributed by atoms with Crippen LogP contribution in [0.2, 0.25) is 0 Å². The molecule has 1 rings (SSSR count). The Hall–Kier alpha value is -0.450. The Morgan fingerprint density at radius 1 is 1.50 bits per heavy atom. The summed E-state index contributed by atoms with van der Waals surface area (Å²) in [6.07, 6.45) is 2.29. The highest BCUT2D eigenvalue weighted by atomic mass is 32.1. The highest BCUT2D eigenvalue weighted by Gasteiger charge is 2.02. The van der Waals surface area contributed by atoms with Gasteiger partial charge in [0, 0.05) is 11.9 Å². The van der Waals surface area contributed by atoms with Crippen LogP contribution in [0.3, 0.4) is 0 Å². The standard InChI is InChI=1S/C10H19N3S/c1-9-12-10(8-14-9)7-13(2)6-4-3-5-11/h8H,3-7,11H2,1-2H3. The summed E-state index contributed by atoms with van der Waals surface area (Å²) in [4.78, 5) is 6.73. The van der Waals surface area contributed by atoms with Crippen molar-refractivity contribution in [3.63, 3.8) is 0 Å². The summed E-state index contributed by atoms with van der Waals surface area (Å²) in [5, 5.41) is 3.28. The SMILES string of the molecule is Cc1nc(CN(C)CCCCN)cs1. The zero-order chi connectivity index (χ0) is 10.4. The quantitative estimate of drug-likeness (QED) is 0.730. The summed E-state index contributed by atoms with van der Waals surface area (Å²) in [6.45, 7) is 4.90. The molecule has 0 saturated carbocycles. The van der Waals surface area contributed by atoms with Gasteiger partial charge in [0.1, 0.15) is 0 Å². The second-order valence-corrected chi connectivity index (χ2v) is 4.65. The van der Waals surface area contributed by atoms with Crippen LogP contribution >= 0.6 is 11.3 Å². The van der Waals surface area contributed by atoms with Crippen molar-refractivity contribution in [2.45, 2.75) is 26.3 Å². The molecule has 0 aliphatic carbocycles. The van der Waals surface area contributed by atoms with Crippen molar-refractivity contribution < 1.29 is 0 Å². The predicted molar refractivity (Wildman–Crippen MR) is 61.5 cm³/mol. The molecule has 0 aliphatic rings. The molecule has 0 unspecified atom stereocenters. The molecule has 0 fully saturated rings. The summed E-state index contributed by atoms with van der Waals surface area (Å²) < 4.78 is 0. The molecule has 0 saturated heterocycles. The first-order chi connectivity index (χ1) is 6.72. The summed E-state index contributed by atoms with van der Waals surface area (Å²) in [7, 11) is 2.13. The molecule has 80 valence electrons. The Balaban J connectivity index is 2.23. The smallest absolute Gasteiger partial charge is 0.0897 e. The zero-order valence-electron chi connectivity index (χ0n) is 8.99. The van der Waals surface area contributed by atoms with E-state index < -0.39 is 0 Å². The molecule has 14 heavy (non-hydrogen) atoms. The maximum absolute atomic E-state index is 5.44. The third-order valence-electron chi connectivity index (χ3n) is 2.09. The molecule has 0 aliphatic heterocycles. The maximum atomic E-state index is 5.44. The van der Waals surface area contributed by atoms with Crippen LogP contribution in [0.15, 0.2) is 5.38 Å². The zero-order valence-corrected chi connectivity index (χ0v) is 9.81. The molecule has 1 aromatic rings. The number of rotatable bonds is 6. The van der Waals surface area contributed by atoms with Gasteiger partial charge in [-0.15, -0.1) is 11.3 Å². The summed E-state index contributed by atoms with van der Waals surface area (Å²) in [6, 6.07) is 0. The van der Waals surface area contributed by atoms with E-state index in [1.54, 1.807) is 11.3 Å². The number of thiazole rings is 1. The maximum Gasteiger partial charge on any atom is 0.0897 e. The van der Waals surface area contributed by atoms with Gasteiger partial charge in [-0.1, -0.05) is 0 Å². The van der Waals surface area contributed by atoms with Gasteiger partial charge in [0.05, 0.1) is 10.7 Å². The molecule has 0 atom stereocenters. The van der Waals surface area contributed by atoms with Crippen LogP contribution in [0.5, 0.6) is 0 Å². The third-order valence-corrected chi connectivity index (χ3v) is 2.91. The van der Waals surface area contributed by atoms with Gasteiger partial charge in [0.2, 0.25) is 0 Å². The first-order valence-electron chi connectivity index (χ1n) is 5.02. The van der Waals surface area contributed by atoms with Crippen LogP contribution in [0.4, 0.5) is 0 Å². The number of hydrogen-bond acceptors (Lipinski definition) is 4. The molecule has 4 heteroatoms. The van der Waals surface area contributed by atoms with Gasteiger partial charge in [-0.25, -0.2) is 4.98 Å². The average molecular weight is 213 g/mol. The normalized spacial score (nSPS) is 11.1. The average Bonchev–Trinajstić information content (AvgIpc) is 2.52. The fourth-order valence-electron chi connectivity index (χ4n) is 1.36. The van der Waals surface area contributed by atoms with E-state index >= 15 is 0 Å². The van der Waals surface area contributed by atoms with E-state index in [0.717, 1.165) is 31.1 Å². The van der Waals surface area contributed by atoms with Crippen LogP contribution in [-0.2, 0) is 6.54 Å². The fraction of sp³-hybridized carbons (Fsp3) is 0.700. The third kappa shape index (κ3) is 4.17. The molecule has 0 radical (unpaired) electrons. The number of aromatic nitrogens is 1. The van der Waals surface area contributed by atoms with E-state index in [4.69, 9.17) is 5.73 Å². The Kier molecular flexibility index (Phi) is 5.07. The van der Waals surface area contributed by atoms with Crippen LogP contribution in [0.1, 0.15) is 23.5 Å². The number of nitrogens with two attached hydrogens (primary N) is 1. The van der Waals surface area contributed by atoms with Gasteiger partial charge in [0.25, 0.3) is 0 Å². The summed E-state index contributed by atoms with van der Waals surface area (Å²) in [5.74, 6) is 0. The van der Waals surface area contributed by atoms with Gasteiger partial charge in [-0.2, -0.15) is 0 Å². The molecular formula is C10H19N3S. The summed E-state index contributed by atoms with van der Waals surface area (Å²) in [5.41, 5.74) is 6.62. The Morgan fingerprint density at radius 3 is 2.86 bits per heavy atom. The van der Waals surface area contributed by atoms with Gasteiger partial charge in [-0.05, 0) is 39.9 Å². The monoisotopic (exact) mass is 213 g/mol. The van der Waals surface area contributed by atoms with Crippen LogP contribution < -0.4 is 5.73 Å². The van der Waals surface area contributed by atoms with Gasteiger partial charge >= 0.3 is 0 Å². The molecule has 2 N–H and O–H groups in total. The number of hydrogen-bond donors (Lipinski definition) is 1. The Bertz CT molecular complexity index is 260. The molecule has 1 aromatic heterocycles. The Labute approximate surface area is 89.9 Å². The lowest BCUT2D eigenvalue weighted by atomic mass is 10.3. The van der Waals surface area contributed by atoms with Gasteiger partial charge < -0.3 is 10.6 Å². The molecular weight excluding hydrogens is 194 g/mol. The van der Waals surface area contributed by atoms with Crippen LogP contribution in [-0.4, -0.2) is 30.0 Å². The summed E-state index contributed by atoms with van der Waals surface area (Å²) >= 11 is 1.72. The molecule has 0 bridgehead atoms. The molecule has 1 heterocycles. The topological polar surface area (TPSA) is 42.2 Å². The lowest BCUT2D eigenvalue weighted by Gasteiger charge is -2.14. The second kappa shape index (κ2) is 6.11. The Morgan fingerprint density at radius 2 is 2.29 bits per heavy atom. The lowest BCUT2D eigenvalue weighted by molar-refractivity contribution is 0.316. The van der Waals surface area contributed by atoms with E-state index in [9.17, 15) is 0 Å². The number of nitrogens with zero attached hydrogens (tertiary/aromatic N) is 2. The van der Waals surface area contributed by atoms with Crippen molar-refractivity contribution in [3.05, 3.63) is 16.1 Å². The van der Waals surface area contributed by atoms with Crippen molar-refractivity contribution in [2.24, 2.45) is 5.73 Å². The largest absolute Gasteiger partial charge is 0.330 e. The first-order valence-corrected chi connectivity index (χ1v) is 5.90. The van der Waals surface area contributed by atoms with Crippen LogP contribution in [0.25, 0.3) is 0 Å². The fourth-order valence-corrected chi connectivity index (χ4v) is 1.97. The highest BCUT2D eigenvalue weighted by molar-refractivity contribution is 7.09. The highest BCUT2D eigenvalue weighted by Crippen LogP contribution is 2.09. The van der Waals surface area contributed by atoms with Gasteiger partial charge in [0.15, 0.2) is 0 Å².